The van der Waals surface area contributed by atoms with E-state index in [1.165, 1.54) is 57.9 Å². The van der Waals surface area contributed by atoms with E-state index in [2.05, 4.69) is 11.8 Å². The molecule has 2 heterocycles. The zero-order valence-corrected chi connectivity index (χ0v) is 11.9. The third-order valence-corrected chi connectivity index (χ3v) is 6.07. The first-order chi connectivity index (χ1) is 8.75. The van der Waals surface area contributed by atoms with Crippen LogP contribution in [-0.4, -0.2) is 34.7 Å². The smallest absolute Gasteiger partial charge is 0.0844 e. The Balaban J connectivity index is 1.80. The van der Waals surface area contributed by atoms with E-state index in [9.17, 15) is 5.11 Å². The Morgan fingerprint density at radius 3 is 2.67 bits per heavy atom. The highest BCUT2D eigenvalue weighted by molar-refractivity contribution is 5.06. The number of piperidine rings is 1. The molecule has 3 aliphatic rings. The van der Waals surface area contributed by atoms with Gasteiger partial charge in [-0.3, -0.25) is 4.90 Å². The highest BCUT2D eigenvalue weighted by Gasteiger charge is 2.53. The van der Waals surface area contributed by atoms with Crippen LogP contribution in [0.15, 0.2) is 0 Å². The minimum absolute atomic E-state index is 0.346. The van der Waals surface area contributed by atoms with E-state index in [-0.39, 0.29) is 5.60 Å². The van der Waals surface area contributed by atoms with E-state index in [4.69, 9.17) is 0 Å². The van der Waals surface area contributed by atoms with Gasteiger partial charge >= 0.3 is 0 Å². The Morgan fingerprint density at radius 2 is 1.83 bits per heavy atom. The van der Waals surface area contributed by atoms with Crippen molar-refractivity contribution < 1.29 is 5.11 Å². The number of rotatable bonds is 2. The molecule has 0 bridgehead atoms. The molecular weight excluding hydrogens is 222 g/mol. The standard InChI is InChI=1S/C16H29NO/c1-2-13-7-3-4-8-14(13)16(18)10-12-17-11-6-5-9-15(16)17/h13-15,18H,2-12H2,1H3. The van der Waals surface area contributed by atoms with Crippen molar-refractivity contribution in [3.63, 3.8) is 0 Å². The lowest BCUT2D eigenvalue weighted by Crippen LogP contribution is -2.53. The lowest BCUT2D eigenvalue weighted by atomic mass is 9.65. The summed E-state index contributed by atoms with van der Waals surface area (Å²) in [6, 6.07) is 0.489. The summed E-state index contributed by atoms with van der Waals surface area (Å²) in [5.41, 5.74) is -0.346. The monoisotopic (exact) mass is 251 g/mol. The summed E-state index contributed by atoms with van der Waals surface area (Å²) in [4.78, 5) is 2.59. The van der Waals surface area contributed by atoms with Gasteiger partial charge in [-0.2, -0.15) is 0 Å². The molecule has 0 aromatic rings. The maximum absolute atomic E-state index is 11.4. The van der Waals surface area contributed by atoms with Gasteiger partial charge < -0.3 is 5.11 Å². The molecule has 3 fully saturated rings. The molecule has 0 amide bonds. The van der Waals surface area contributed by atoms with Gasteiger partial charge in [0.15, 0.2) is 0 Å². The Morgan fingerprint density at radius 1 is 1.06 bits per heavy atom. The normalized spacial score (nSPS) is 46.0. The second-order valence-electron chi connectivity index (χ2n) is 6.85. The van der Waals surface area contributed by atoms with Crippen molar-refractivity contribution in [1.29, 1.82) is 0 Å². The first kappa shape index (κ1) is 12.9. The summed E-state index contributed by atoms with van der Waals surface area (Å²) < 4.78 is 0. The van der Waals surface area contributed by atoms with Crippen molar-refractivity contribution in [3.05, 3.63) is 0 Å². The van der Waals surface area contributed by atoms with Crippen molar-refractivity contribution in [3.8, 4) is 0 Å². The Hall–Kier alpha value is -0.0800. The molecule has 4 unspecified atom stereocenters. The van der Waals surface area contributed by atoms with Crippen LogP contribution in [0.3, 0.4) is 0 Å². The molecule has 0 spiro atoms. The van der Waals surface area contributed by atoms with Gasteiger partial charge in [0, 0.05) is 12.6 Å². The van der Waals surface area contributed by atoms with Gasteiger partial charge in [-0.1, -0.05) is 39.0 Å². The van der Waals surface area contributed by atoms with Crippen molar-refractivity contribution in [1.82, 2.24) is 4.90 Å². The number of hydrogen-bond donors (Lipinski definition) is 1. The SMILES string of the molecule is CCC1CCCCC1C1(O)CCN2CCCCC21. The van der Waals surface area contributed by atoms with Gasteiger partial charge in [-0.15, -0.1) is 0 Å². The predicted octanol–water partition coefficient (Wildman–Crippen LogP) is 3.19. The van der Waals surface area contributed by atoms with Crippen LogP contribution in [0.1, 0.15) is 64.7 Å². The molecule has 2 saturated heterocycles. The van der Waals surface area contributed by atoms with E-state index >= 15 is 0 Å². The summed E-state index contributed by atoms with van der Waals surface area (Å²) in [5, 5.41) is 11.4. The van der Waals surface area contributed by atoms with Crippen LogP contribution < -0.4 is 0 Å². The summed E-state index contributed by atoms with van der Waals surface area (Å²) >= 11 is 0. The maximum Gasteiger partial charge on any atom is 0.0844 e. The molecule has 3 rings (SSSR count). The van der Waals surface area contributed by atoms with Crippen LogP contribution in [0, 0.1) is 11.8 Å². The van der Waals surface area contributed by atoms with Gasteiger partial charge in [0.1, 0.15) is 0 Å². The van der Waals surface area contributed by atoms with Crippen LogP contribution >= 0.6 is 0 Å². The zero-order chi connectivity index (χ0) is 12.6. The first-order valence-corrected chi connectivity index (χ1v) is 8.22. The molecular formula is C16H29NO. The lowest BCUT2D eigenvalue weighted by Gasteiger charge is -2.46. The van der Waals surface area contributed by atoms with Crippen LogP contribution in [0.5, 0.6) is 0 Å². The average molecular weight is 251 g/mol. The second kappa shape index (κ2) is 5.13. The van der Waals surface area contributed by atoms with Crippen molar-refractivity contribution in [2.45, 2.75) is 76.4 Å². The molecule has 2 nitrogen and oxygen atoms in total. The minimum Gasteiger partial charge on any atom is -0.388 e. The van der Waals surface area contributed by atoms with Gasteiger partial charge in [-0.05, 0) is 44.1 Å². The summed E-state index contributed by atoms with van der Waals surface area (Å²) in [7, 11) is 0. The molecule has 1 saturated carbocycles. The molecule has 0 radical (unpaired) electrons. The third kappa shape index (κ3) is 2.02. The fourth-order valence-electron chi connectivity index (χ4n) is 5.10. The molecule has 0 aromatic carbocycles. The number of fused-ring (bicyclic) bond motifs is 1. The van der Waals surface area contributed by atoms with Crippen LogP contribution in [0.2, 0.25) is 0 Å². The van der Waals surface area contributed by atoms with Crippen molar-refractivity contribution >= 4 is 0 Å². The van der Waals surface area contributed by atoms with Gasteiger partial charge in [0.2, 0.25) is 0 Å². The average Bonchev–Trinajstić information content (AvgIpc) is 2.78. The predicted molar refractivity (Wildman–Crippen MR) is 74.5 cm³/mol. The van der Waals surface area contributed by atoms with E-state index in [1.807, 2.05) is 0 Å². The van der Waals surface area contributed by atoms with Gasteiger partial charge in [-0.25, -0.2) is 0 Å². The van der Waals surface area contributed by atoms with Crippen molar-refractivity contribution in [2.75, 3.05) is 13.1 Å². The number of hydrogen-bond acceptors (Lipinski definition) is 2. The van der Waals surface area contributed by atoms with Crippen LogP contribution in [0.4, 0.5) is 0 Å². The van der Waals surface area contributed by atoms with Crippen LogP contribution in [0.25, 0.3) is 0 Å². The maximum atomic E-state index is 11.4. The van der Waals surface area contributed by atoms with E-state index in [1.54, 1.807) is 0 Å². The fraction of sp³-hybridized carbons (Fsp3) is 1.00. The summed E-state index contributed by atoms with van der Waals surface area (Å²) in [6.45, 7) is 4.70. The topological polar surface area (TPSA) is 23.5 Å². The lowest BCUT2D eigenvalue weighted by molar-refractivity contribution is -0.0873. The van der Waals surface area contributed by atoms with E-state index < -0.39 is 0 Å². The molecule has 1 N–H and O–H groups in total. The van der Waals surface area contributed by atoms with E-state index in [0.29, 0.717) is 12.0 Å². The van der Waals surface area contributed by atoms with Crippen LogP contribution in [-0.2, 0) is 0 Å². The Labute approximate surface area is 112 Å². The molecule has 2 heteroatoms. The fourth-order valence-corrected chi connectivity index (χ4v) is 5.10. The highest BCUT2D eigenvalue weighted by atomic mass is 16.3. The molecule has 0 aromatic heterocycles. The molecule has 1 aliphatic carbocycles. The third-order valence-electron chi connectivity index (χ3n) is 6.07. The molecule has 18 heavy (non-hydrogen) atoms. The summed E-state index contributed by atoms with van der Waals surface area (Å²) in [6.07, 6.45) is 11.6. The van der Waals surface area contributed by atoms with E-state index in [0.717, 1.165) is 18.9 Å². The zero-order valence-electron chi connectivity index (χ0n) is 11.9. The Kier molecular flexibility index (Phi) is 3.68. The number of nitrogens with zero attached hydrogens (tertiary/aromatic N) is 1. The van der Waals surface area contributed by atoms with Gasteiger partial charge in [0.25, 0.3) is 0 Å². The Bertz CT molecular complexity index is 293. The largest absolute Gasteiger partial charge is 0.388 e. The second-order valence-corrected chi connectivity index (χ2v) is 6.85. The molecule has 104 valence electrons. The quantitative estimate of drug-likeness (QED) is 0.814. The van der Waals surface area contributed by atoms with Gasteiger partial charge in [0.05, 0.1) is 5.60 Å². The molecule has 4 atom stereocenters. The highest BCUT2D eigenvalue weighted by Crippen LogP contribution is 2.48. The minimum atomic E-state index is -0.346. The summed E-state index contributed by atoms with van der Waals surface area (Å²) in [5.74, 6) is 1.37. The molecule has 2 aliphatic heterocycles. The van der Waals surface area contributed by atoms with Crippen molar-refractivity contribution in [2.24, 2.45) is 11.8 Å². The number of aliphatic hydroxyl groups is 1. The first-order valence-electron chi connectivity index (χ1n) is 8.22.